The zero-order chi connectivity index (χ0) is 23.8. The number of rotatable bonds is 11. The Morgan fingerprint density at radius 1 is 1.09 bits per heavy atom. The van der Waals surface area contributed by atoms with Gasteiger partial charge in [-0.3, -0.25) is 14.4 Å². The number of benzene rings is 1. The average molecular weight is 446 g/mol. The highest BCUT2D eigenvalue weighted by molar-refractivity contribution is 5.93. The molecule has 0 aliphatic carbocycles. The molecule has 174 valence electrons. The summed E-state index contributed by atoms with van der Waals surface area (Å²) in [5, 5.41) is 18.1. The van der Waals surface area contributed by atoms with Crippen LogP contribution in [-0.4, -0.2) is 58.5 Å². The van der Waals surface area contributed by atoms with Crippen LogP contribution in [0.5, 0.6) is 0 Å². The van der Waals surface area contributed by atoms with Gasteiger partial charge in [0, 0.05) is 23.5 Å². The normalized spacial score (nSPS) is 14.8. The molecule has 4 unspecified atom stereocenters. The number of nitrogens with two attached hydrogens (primary N) is 1. The van der Waals surface area contributed by atoms with Crippen LogP contribution < -0.4 is 21.7 Å². The van der Waals surface area contributed by atoms with E-state index in [1.165, 1.54) is 6.92 Å². The fourth-order valence-electron chi connectivity index (χ4n) is 3.24. The first-order valence-corrected chi connectivity index (χ1v) is 10.5. The van der Waals surface area contributed by atoms with Crippen molar-refractivity contribution in [2.24, 2.45) is 11.7 Å². The number of carbonyl (C=O) groups excluding carboxylic acids is 3. The van der Waals surface area contributed by atoms with Gasteiger partial charge in [-0.05, 0) is 24.5 Å². The highest BCUT2D eigenvalue weighted by Crippen LogP contribution is 2.19. The van der Waals surface area contributed by atoms with Gasteiger partial charge in [-0.25, -0.2) is 4.79 Å². The summed E-state index contributed by atoms with van der Waals surface area (Å²) in [7, 11) is 0. The van der Waals surface area contributed by atoms with Crippen LogP contribution in [0.25, 0.3) is 10.9 Å². The highest BCUT2D eigenvalue weighted by Gasteiger charge is 2.30. The summed E-state index contributed by atoms with van der Waals surface area (Å²) in [6, 6.07) is 4.58. The SMILES string of the molecule is CCC(C)C(NC(=O)CNC(=O)C(C)N)C(=O)NC(Cc1c[nH]c2ccccc12)C(=O)O. The lowest BCUT2D eigenvalue weighted by Gasteiger charge is -2.25. The van der Waals surface area contributed by atoms with E-state index in [-0.39, 0.29) is 18.9 Å². The Hall–Kier alpha value is -3.40. The quantitative estimate of drug-likeness (QED) is 0.290. The van der Waals surface area contributed by atoms with Crippen LogP contribution in [0.4, 0.5) is 0 Å². The van der Waals surface area contributed by atoms with Gasteiger partial charge in [-0.1, -0.05) is 38.5 Å². The summed E-state index contributed by atoms with van der Waals surface area (Å²) in [6.07, 6.45) is 2.38. The number of aromatic amines is 1. The van der Waals surface area contributed by atoms with Crippen molar-refractivity contribution in [3.05, 3.63) is 36.0 Å². The Kier molecular flexibility index (Phi) is 8.77. The van der Waals surface area contributed by atoms with Gasteiger partial charge in [0.1, 0.15) is 12.1 Å². The van der Waals surface area contributed by atoms with E-state index in [1.54, 1.807) is 13.1 Å². The maximum atomic E-state index is 12.9. The predicted molar refractivity (Wildman–Crippen MR) is 120 cm³/mol. The molecule has 0 saturated heterocycles. The van der Waals surface area contributed by atoms with Crippen LogP contribution in [0.2, 0.25) is 0 Å². The summed E-state index contributed by atoms with van der Waals surface area (Å²) in [5.74, 6) is -3.09. The molecule has 7 N–H and O–H groups in total. The van der Waals surface area contributed by atoms with Crippen LogP contribution >= 0.6 is 0 Å². The third-order valence-electron chi connectivity index (χ3n) is 5.36. The first kappa shape index (κ1) is 24.9. The predicted octanol–water partition coefficient (Wildman–Crippen LogP) is 0.274. The molecule has 0 aliphatic rings. The van der Waals surface area contributed by atoms with Gasteiger partial charge in [0.05, 0.1) is 12.6 Å². The number of para-hydroxylation sites is 1. The van der Waals surface area contributed by atoms with Crippen LogP contribution in [-0.2, 0) is 25.6 Å². The van der Waals surface area contributed by atoms with Gasteiger partial charge in [0.15, 0.2) is 0 Å². The van der Waals surface area contributed by atoms with E-state index in [1.807, 2.05) is 31.2 Å². The Balaban J connectivity index is 2.09. The number of amides is 3. The second-order valence-corrected chi connectivity index (χ2v) is 7.90. The Morgan fingerprint density at radius 3 is 2.41 bits per heavy atom. The molecule has 0 bridgehead atoms. The number of carboxylic acids is 1. The molecule has 1 heterocycles. The molecule has 1 aromatic heterocycles. The van der Waals surface area contributed by atoms with Crippen molar-refractivity contribution in [3.8, 4) is 0 Å². The van der Waals surface area contributed by atoms with Crippen molar-refractivity contribution < 1.29 is 24.3 Å². The first-order valence-electron chi connectivity index (χ1n) is 10.5. The smallest absolute Gasteiger partial charge is 0.326 e. The summed E-state index contributed by atoms with van der Waals surface area (Å²) in [4.78, 5) is 51.7. The number of hydrogen-bond acceptors (Lipinski definition) is 5. The molecule has 32 heavy (non-hydrogen) atoms. The van der Waals surface area contributed by atoms with Gasteiger partial charge in [0.25, 0.3) is 0 Å². The largest absolute Gasteiger partial charge is 0.480 e. The first-order chi connectivity index (χ1) is 15.1. The molecule has 10 nitrogen and oxygen atoms in total. The maximum absolute atomic E-state index is 12.9. The standard InChI is InChI=1S/C22H31N5O5/c1-4-12(2)19(27-18(28)11-25-20(29)13(3)23)21(30)26-17(22(31)32)9-14-10-24-16-8-6-5-7-15(14)16/h5-8,10,12-13,17,19,24H,4,9,11,23H2,1-3H3,(H,25,29)(H,26,30)(H,27,28)(H,31,32). The van der Waals surface area contributed by atoms with Gasteiger partial charge in [-0.15, -0.1) is 0 Å². The number of hydrogen-bond donors (Lipinski definition) is 6. The fraction of sp³-hybridized carbons (Fsp3) is 0.455. The molecule has 0 spiro atoms. The molecule has 4 atom stereocenters. The zero-order valence-corrected chi connectivity index (χ0v) is 18.5. The minimum absolute atomic E-state index is 0.0801. The van der Waals surface area contributed by atoms with Crippen LogP contribution in [0.3, 0.4) is 0 Å². The summed E-state index contributed by atoms with van der Waals surface area (Å²) in [5.41, 5.74) is 7.08. The molecule has 10 heteroatoms. The number of aromatic nitrogens is 1. The molecule has 2 rings (SSSR count). The van der Waals surface area contributed by atoms with E-state index in [0.717, 1.165) is 16.5 Å². The second kappa shape index (κ2) is 11.3. The minimum Gasteiger partial charge on any atom is -0.480 e. The molecule has 1 aromatic carbocycles. The number of nitrogens with one attached hydrogen (secondary N) is 4. The Morgan fingerprint density at radius 2 is 1.78 bits per heavy atom. The lowest BCUT2D eigenvalue weighted by atomic mass is 9.97. The number of carbonyl (C=O) groups is 4. The number of carboxylic acid groups (broad SMARTS) is 1. The molecule has 2 aromatic rings. The Labute approximate surface area is 186 Å². The average Bonchev–Trinajstić information content (AvgIpc) is 3.17. The monoisotopic (exact) mass is 445 g/mol. The highest BCUT2D eigenvalue weighted by atomic mass is 16.4. The van der Waals surface area contributed by atoms with Crippen molar-refractivity contribution in [3.63, 3.8) is 0 Å². The van der Waals surface area contributed by atoms with Crippen molar-refractivity contribution >= 4 is 34.6 Å². The van der Waals surface area contributed by atoms with Crippen LogP contribution in [0.1, 0.15) is 32.8 Å². The lowest BCUT2D eigenvalue weighted by Crippen LogP contribution is -2.56. The molecule has 0 aliphatic heterocycles. The molecule has 3 amide bonds. The van der Waals surface area contributed by atoms with E-state index in [9.17, 15) is 24.3 Å². The second-order valence-electron chi connectivity index (χ2n) is 7.90. The van der Waals surface area contributed by atoms with Crippen molar-refractivity contribution in [2.45, 2.75) is 51.7 Å². The van der Waals surface area contributed by atoms with Gasteiger partial charge >= 0.3 is 5.97 Å². The van der Waals surface area contributed by atoms with E-state index in [4.69, 9.17) is 5.73 Å². The zero-order valence-electron chi connectivity index (χ0n) is 18.5. The van der Waals surface area contributed by atoms with Crippen molar-refractivity contribution in [2.75, 3.05) is 6.54 Å². The van der Waals surface area contributed by atoms with Crippen molar-refractivity contribution in [1.29, 1.82) is 0 Å². The third-order valence-corrected chi connectivity index (χ3v) is 5.36. The van der Waals surface area contributed by atoms with E-state index in [2.05, 4.69) is 20.9 Å². The summed E-state index contributed by atoms with van der Waals surface area (Å²) in [6.45, 7) is 4.79. The molecule has 0 fully saturated rings. The van der Waals surface area contributed by atoms with Crippen LogP contribution in [0, 0.1) is 5.92 Å². The summed E-state index contributed by atoms with van der Waals surface area (Å²) >= 11 is 0. The molecular weight excluding hydrogens is 414 g/mol. The maximum Gasteiger partial charge on any atom is 0.326 e. The van der Waals surface area contributed by atoms with Gasteiger partial charge < -0.3 is 31.8 Å². The van der Waals surface area contributed by atoms with Crippen molar-refractivity contribution in [1.82, 2.24) is 20.9 Å². The molecule has 0 saturated carbocycles. The van der Waals surface area contributed by atoms with Gasteiger partial charge in [-0.2, -0.15) is 0 Å². The topological polar surface area (TPSA) is 166 Å². The van der Waals surface area contributed by atoms with Gasteiger partial charge in [0.2, 0.25) is 17.7 Å². The third kappa shape index (κ3) is 6.55. The minimum atomic E-state index is -1.18. The molecular formula is C22H31N5O5. The number of H-pyrrole nitrogens is 1. The van der Waals surface area contributed by atoms with E-state index >= 15 is 0 Å². The van der Waals surface area contributed by atoms with E-state index < -0.39 is 41.8 Å². The lowest BCUT2D eigenvalue weighted by molar-refractivity contribution is -0.142. The number of aliphatic carboxylic acids is 1. The summed E-state index contributed by atoms with van der Waals surface area (Å²) < 4.78 is 0. The van der Waals surface area contributed by atoms with E-state index in [0.29, 0.717) is 6.42 Å². The Bertz CT molecular complexity index is 971. The molecule has 0 radical (unpaired) electrons. The fourth-order valence-corrected chi connectivity index (χ4v) is 3.24. The number of fused-ring (bicyclic) bond motifs is 1. The van der Waals surface area contributed by atoms with Crippen LogP contribution in [0.15, 0.2) is 30.5 Å².